The van der Waals surface area contributed by atoms with E-state index in [2.05, 4.69) is 25.7 Å². The lowest BCUT2D eigenvalue weighted by molar-refractivity contribution is -0.274. The zero-order valence-electron chi connectivity index (χ0n) is 17.2. The number of nitrogens with zero attached hydrogens (tertiary/aromatic N) is 2. The zero-order valence-corrected chi connectivity index (χ0v) is 17.2. The van der Waals surface area contributed by atoms with Crippen molar-refractivity contribution in [2.75, 3.05) is 23.3 Å². The Labute approximate surface area is 186 Å². The molecule has 2 aliphatic heterocycles. The van der Waals surface area contributed by atoms with E-state index in [-0.39, 0.29) is 29.6 Å². The predicted octanol–water partition coefficient (Wildman–Crippen LogP) is 2.51. The van der Waals surface area contributed by atoms with Gasteiger partial charge in [0.15, 0.2) is 0 Å². The van der Waals surface area contributed by atoms with E-state index < -0.39 is 18.1 Å². The summed E-state index contributed by atoms with van der Waals surface area (Å²) in [5.41, 5.74) is 1.76. The SMILES string of the molecule is O=C1CCC(c2ccc(N3CC(NC(=O)Nc4cc(OC(F)(F)F)ccn4)C3)cc2)C(=O)N1. The maximum Gasteiger partial charge on any atom is 0.573 e. The number of pyridine rings is 1. The first kappa shape index (κ1) is 22.4. The van der Waals surface area contributed by atoms with E-state index >= 15 is 0 Å². The summed E-state index contributed by atoms with van der Waals surface area (Å²) in [5.74, 6) is -1.45. The van der Waals surface area contributed by atoms with Gasteiger partial charge >= 0.3 is 12.4 Å². The van der Waals surface area contributed by atoms with Gasteiger partial charge in [-0.25, -0.2) is 9.78 Å². The Morgan fingerprint density at radius 1 is 1.15 bits per heavy atom. The van der Waals surface area contributed by atoms with E-state index in [1.54, 1.807) is 0 Å². The van der Waals surface area contributed by atoms with Crippen molar-refractivity contribution >= 4 is 29.4 Å². The van der Waals surface area contributed by atoms with E-state index in [1.165, 1.54) is 0 Å². The normalized spacial score (nSPS) is 18.9. The van der Waals surface area contributed by atoms with Gasteiger partial charge in [-0.3, -0.25) is 20.2 Å². The topological polar surface area (TPSA) is 113 Å². The Hall–Kier alpha value is -3.83. The Morgan fingerprint density at radius 3 is 2.55 bits per heavy atom. The monoisotopic (exact) mass is 463 g/mol. The average molecular weight is 463 g/mol. The number of nitrogens with one attached hydrogen (secondary N) is 3. The minimum Gasteiger partial charge on any atom is -0.406 e. The largest absolute Gasteiger partial charge is 0.573 e. The Bertz CT molecular complexity index is 1050. The molecule has 174 valence electrons. The first-order valence-corrected chi connectivity index (χ1v) is 10.1. The molecule has 0 saturated carbocycles. The maximum absolute atomic E-state index is 12.3. The summed E-state index contributed by atoms with van der Waals surface area (Å²) in [7, 11) is 0. The number of halogens is 3. The molecule has 0 bridgehead atoms. The molecule has 0 aliphatic carbocycles. The standard InChI is InChI=1S/C21H20F3N5O4/c22-21(23,24)33-15-7-8-25-17(9-15)27-20(32)26-13-10-29(11-13)14-3-1-12(2-4-14)16-5-6-18(30)28-19(16)31/h1-4,7-9,13,16H,5-6,10-11H2,(H,28,30,31)(H2,25,26,27,32). The fourth-order valence-electron chi connectivity index (χ4n) is 3.72. The van der Waals surface area contributed by atoms with Crippen LogP contribution < -0.4 is 25.6 Å². The zero-order chi connectivity index (χ0) is 23.6. The highest BCUT2D eigenvalue weighted by atomic mass is 19.4. The van der Waals surface area contributed by atoms with Crippen molar-refractivity contribution in [1.82, 2.24) is 15.6 Å². The highest BCUT2D eigenvalue weighted by Gasteiger charge is 2.32. The van der Waals surface area contributed by atoms with Crippen LogP contribution in [-0.2, 0) is 9.59 Å². The number of hydrogen-bond acceptors (Lipinski definition) is 6. The number of hydrogen-bond donors (Lipinski definition) is 3. The van der Waals surface area contributed by atoms with Crippen LogP contribution in [0.3, 0.4) is 0 Å². The van der Waals surface area contributed by atoms with Gasteiger partial charge in [-0.15, -0.1) is 13.2 Å². The highest BCUT2D eigenvalue weighted by molar-refractivity contribution is 6.01. The number of rotatable bonds is 5. The van der Waals surface area contributed by atoms with Crippen molar-refractivity contribution in [3.05, 3.63) is 48.2 Å². The van der Waals surface area contributed by atoms with Crippen LogP contribution in [0.25, 0.3) is 0 Å². The Morgan fingerprint density at radius 2 is 1.88 bits per heavy atom. The molecule has 1 atom stereocenters. The Kier molecular flexibility index (Phi) is 6.07. The second-order valence-electron chi connectivity index (χ2n) is 7.72. The van der Waals surface area contributed by atoms with Crippen molar-refractivity contribution < 1.29 is 32.3 Å². The van der Waals surface area contributed by atoms with Gasteiger partial charge in [-0.1, -0.05) is 12.1 Å². The molecule has 0 radical (unpaired) electrons. The minimum atomic E-state index is -4.84. The molecule has 2 fully saturated rings. The van der Waals surface area contributed by atoms with Gasteiger partial charge < -0.3 is 15.0 Å². The number of amides is 4. The number of alkyl halides is 3. The molecular weight excluding hydrogens is 443 g/mol. The minimum absolute atomic E-state index is 0.0746. The molecule has 2 saturated heterocycles. The van der Waals surface area contributed by atoms with Crippen LogP contribution in [0.5, 0.6) is 5.75 Å². The van der Waals surface area contributed by atoms with E-state index in [4.69, 9.17) is 0 Å². The number of anilines is 2. The van der Waals surface area contributed by atoms with Crippen molar-refractivity contribution in [1.29, 1.82) is 0 Å². The van der Waals surface area contributed by atoms with E-state index in [1.807, 2.05) is 29.2 Å². The van der Waals surface area contributed by atoms with Gasteiger partial charge in [-0.2, -0.15) is 0 Å². The lowest BCUT2D eigenvalue weighted by Gasteiger charge is -2.41. The van der Waals surface area contributed by atoms with Crippen LogP contribution >= 0.6 is 0 Å². The van der Waals surface area contributed by atoms with Crippen LogP contribution in [0.2, 0.25) is 0 Å². The number of carbonyl (C=O) groups is 3. The average Bonchev–Trinajstić information content (AvgIpc) is 2.70. The van der Waals surface area contributed by atoms with Crippen LogP contribution in [-0.4, -0.2) is 48.3 Å². The van der Waals surface area contributed by atoms with Crippen molar-refractivity contribution in [3.63, 3.8) is 0 Å². The van der Waals surface area contributed by atoms with Gasteiger partial charge in [0.2, 0.25) is 11.8 Å². The second kappa shape index (κ2) is 8.96. The van der Waals surface area contributed by atoms with Crippen LogP contribution in [0.1, 0.15) is 24.3 Å². The van der Waals surface area contributed by atoms with E-state index in [0.717, 1.165) is 29.6 Å². The predicted molar refractivity (Wildman–Crippen MR) is 111 cm³/mol. The quantitative estimate of drug-likeness (QED) is 0.588. The number of imide groups is 1. The van der Waals surface area contributed by atoms with Gasteiger partial charge in [0, 0.05) is 37.5 Å². The molecule has 2 aromatic rings. The fraction of sp³-hybridized carbons (Fsp3) is 0.333. The van der Waals surface area contributed by atoms with Gasteiger partial charge in [-0.05, 0) is 30.2 Å². The molecule has 1 aromatic heterocycles. The molecule has 2 aliphatic rings. The Balaban J connectivity index is 1.25. The third-order valence-electron chi connectivity index (χ3n) is 5.32. The first-order valence-electron chi connectivity index (χ1n) is 10.1. The molecule has 1 aromatic carbocycles. The number of carbonyl (C=O) groups excluding carboxylic acids is 3. The highest BCUT2D eigenvalue weighted by Crippen LogP contribution is 2.28. The number of benzene rings is 1. The molecule has 1 unspecified atom stereocenters. The van der Waals surface area contributed by atoms with Crippen LogP contribution in [0, 0.1) is 0 Å². The summed E-state index contributed by atoms with van der Waals surface area (Å²) < 4.78 is 40.7. The van der Waals surface area contributed by atoms with E-state index in [0.29, 0.717) is 25.9 Å². The van der Waals surface area contributed by atoms with Gasteiger partial charge in [0.25, 0.3) is 0 Å². The smallest absolute Gasteiger partial charge is 0.406 e. The summed E-state index contributed by atoms with van der Waals surface area (Å²) in [6.07, 6.45) is -2.94. The third kappa shape index (κ3) is 5.70. The molecule has 0 spiro atoms. The molecule has 3 heterocycles. The van der Waals surface area contributed by atoms with Crippen molar-refractivity contribution in [2.24, 2.45) is 0 Å². The molecule has 4 amide bonds. The number of ether oxygens (including phenoxy) is 1. The third-order valence-corrected chi connectivity index (χ3v) is 5.32. The lowest BCUT2D eigenvalue weighted by Crippen LogP contribution is -2.60. The molecule has 9 nitrogen and oxygen atoms in total. The number of piperidine rings is 1. The molecule has 12 heteroatoms. The number of urea groups is 1. The maximum atomic E-state index is 12.3. The fourth-order valence-corrected chi connectivity index (χ4v) is 3.72. The number of aromatic nitrogens is 1. The molecular formula is C21H20F3N5O4. The lowest BCUT2D eigenvalue weighted by atomic mass is 9.90. The van der Waals surface area contributed by atoms with Crippen LogP contribution in [0.4, 0.5) is 29.5 Å². The first-order chi connectivity index (χ1) is 15.7. The second-order valence-corrected chi connectivity index (χ2v) is 7.72. The summed E-state index contributed by atoms with van der Waals surface area (Å²) in [4.78, 5) is 41.2. The summed E-state index contributed by atoms with van der Waals surface area (Å²) >= 11 is 0. The molecule has 33 heavy (non-hydrogen) atoms. The van der Waals surface area contributed by atoms with Gasteiger partial charge in [0.05, 0.1) is 12.0 Å². The van der Waals surface area contributed by atoms with Crippen LogP contribution in [0.15, 0.2) is 42.6 Å². The van der Waals surface area contributed by atoms with Gasteiger partial charge in [0.1, 0.15) is 11.6 Å². The summed E-state index contributed by atoms with van der Waals surface area (Å²) in [6.45, 7) is 1.08. The van der Waals surface area contributed by atoms with Crippen molar-refractivity contribution in [3.8, 4) is 5.75 Å². The molecule has 4 rings (SSSR count). The summed E-state index contributed by atoms with van der Waals surface area (Å²) in [5, 5.41) is 7.46. The molecule has 3 N–H and O–H groups in total. The van der Waals surface area contributed by atoms with E-state index in [9.17, 15) is 27.6 Å². The summed E-state index contributed by atoms with van der Waals surface area (Å²) in [6, 6.07) is 8.72. The van der Waals surface area contributed by atoms with Crippen molar-refractivity contribution in [2.45, 2.75) is 31.2 Å².